The molecule has 2 aromatic carbocycles. The molecule has 2 aromatic rings. The Hall–Kier alpha value is -2.66. The number of nitrogens with one attached hydrogen (secondary N) is 2. The van der Waals surface area contributed by atoms with Crippen molar-refractivity contribution >= 4 is 11.8 Å². The summed E-state index contributed by atoms with van der Waals surface area (Å²) in [5, 5.41) is 6.18. The molecule has 1 aliphatic heterocycles. The molecule has 3 rings (SSSR count). The standard InChI is InChI=1S/C23H29N3O2/c1-18(23(28)26-15-9-4-10-16-26)25-21(27)17-24-22(19-11-5-2-6-12-19)20-13-7-3-8-14-20/h2-3,5-8,11-14,18,22,24H,4,9-10,15-17H2,1H3,(H,25,27). The predicted molar refractivity (Wildman–Crippen MR) is 111 cm³/mol. The van der Waals surface area contributed by atoms with Gasteiger partial charge in [-0.15, -0.1) is 0 Å². The average molecular weight is 380 g/mol. The first-order valence-electron chi connectivity index (χ1n) is 10.1. The lowest BCUT2D eigenvalue weighted by Gasteiger charge is -2.29. The van der Waals surface area contributed by atoms with Crippen molar-refractivity contribution < 1.29 is 9.59 Å². The van der Waals surface area contributed by atoms with Gasteiger partial charge in [0.05, 0.1) is 12.6 Å². The Morgan fingerprint density at radius 1 is 0.893 bits per heavy atom. The molecule has 1 heterocycles. The molecule has 1 unspecified atom stereocenters. The van der Waals surface area contributed by atoms with Gasteiger partial charge in [0, 0.05) is 13.1 Å². The number of benzene rings is 2. The third-order valence-electron chi connectivity index (χ3n) is 5.15. The van der Waals surface area contributed by atoms with Gasteiger partial charge in [-0.3, -0.25) is 14.9 Å². The van der Waals surface area contributed by atoms with E-state index in [4.69, 9.17) is 0 Å². The Bertz CT molecular complexity index is 718. The fourth-order valence-corrected chi connectivity index (χ4v) is 3.66. The van der Waals surface area contributed by atoms with Gasteiger partial charge in [-0.05, 0) is 37.3 Å². The van der Waals surface area contributed by atoms with E-state index >= 15 is 0 Å². The van der Waals surface area contributed by atoms with Crippen LogP contribution in [-0.4, -0.2) is 42.4 Å². The second kappa shape index (κ2) is 10.0. The minimum atomic E-state index is -0.501. The largest absolute Gasteiger partial charge is 0.343 e. The highest BCUT2D eigenvalue weighted by atomic mass is 16.2. The zero-order valence-corrected chi connectivity index (χ0v) is 16.4. The number of hydrogen-bond acceptors (Lipinski definition) is 3. The van der Waals surface area contributed by atoms with Gasteiger partial charge < -0.3 is 10.2 Å². The second-order valence-corrected chi connectivity index (χ2v) is 7.31. The molecule has 148 valence electrons. The van der Waals surface area contributed by atoms with Crippen molar-refractivity contribution in [2.75, 3.05) is 19.6 Å². The smallest absolute Gasteiger partial charge is 0.244 e. The van der Waals surface area contributed by atoms with Crippen LogP contribution in [0.1, 0.15) is 43.4 Å². The summed E-state index contributed by atoms with van der Waals surface area (Å²) >= 11 is 0. The van der Waals surface area contributed by atoms with Gasteiger partial charge in [0.15, 0.2) is 0 Å². The second-order valence-electron chi connectivity index (χ2n) is 7.31. The zero-order chi connectivity index (χ0) is 19.8. The molecule has 28 heavy (non-hydrogen) atoms. The van der Waals surface area contributed by atoms with E-state index in [0.29, 0.717) is 0 Å². The number of rotatable bonds is 7. The maximum Gasteiger partial charge on any atom is 0.244 e. The molecule has 0 saturated carbocycles. The number of likely N-dealkylation sites (tertiary alicyclic amines) is 1. The highest BCUT2D eigenvalue weighted by Gasteiger charge is 2.23. The summed E-state index contributed by atoms with van der Waals surface area (Å²) in [6.45, 7) is 3.50. The van der Waals surface area contributed by atoms with Crippen molar-refractivity contribution in [3.8, 4) is 0 Å². The summed E-state index contributed by atoms with van der Waals surface area (Å²) < 4.78 is 0. The van der Waals surface area contributed by atoms with Crippen molar-refractivity contribution in [1.82, 2.24) is 15.5 Å². The van der Waals surface area contributed by atoms with Gasteiger partial charge >= 0.3 is 0 Å². The molecule has 0 aromatic heterocycles. The summed E-state index contributed by atoms with van der Waals surface area (Å²) in [7, 11) is 0. The monoisotopic (exact) mass is 379 g/mol. The number of amides is 2. The average Bonchev–Trinajstić information content (AvgIpc) is 2.75. The van der Waals surface area contributed by atoms with E-state index in [0.717, 1.165) is 37.1 Å². The number of carbonyl (C=O) groups excluding carboxylic acids is 2. The Kier molecular flexibility index (Phi) is 7.20. The van der Waals surface area contributed by atoms with Crippen molar-refractivity contribution in [3.05, 3.63) is 71.8 Å². The molecule has 2 amide bonds. The molecule has 0 radical (unpaired) electrons. The van der Waals surface area contributed by atoms with Crippen LogP contribution in [0.5, 0.6) is 0 Å². The van der Waals surface area contributed by atoms with Crippen LogP contribution in [0.25, 0.3) is 0 Å². The molecule has 1 atom stereocenters. The predicted octanol–water partition coefficient (Wildman–Crippen LogP) is 2.88. The highest BCUT2D eigenvalue weighted by molar-refractivity contribution is 5.88. The number of carbonyl (C=O) groups is 2. The van der Waals surface area contributed by atoms with Crippen LogP contribution in [-0.2, 0) is 9.59 Å². The van der Waals surface area contributed by atoms with Gasteiger partial charge in [0.25, 0.3) is 0 Å². The van der Waals surface area contributed by atoms with Gasteiger partial charge in [-0.1, -0.05) is 60.7 Å². The van der Waals surface area contributed by atoms with Crippen LogP contribution in [0.2, 0.25) is 0 Å². The summed E-state index contributed by atoms with van der Waals surface area (Å²) in [6, 6.07) is 19.5. The van der Waals surface area contributed by atoms with E-state index in [1.54, 1.807) is 6.92 Å². The first-order valence-corrected chi connectivity index (χ1v) is 10.1. The normalized spacial score (nSPS) is 15.3. The maximum atomic E-state index is 12.5. The van der Waals surface area contributed by atoms with Gasteiger partial charge in [-0.25, -0.2) is 0 Å². The Balaban J connectivity index is 1.58. The Morgan fingerprint density at radius 3 is 1.96 bits per heavy atom. The quantitative estimate of drug-likeness (QED) is 0.778. The molecule has 5 nitrogen and oxygen atoms in total. The van der Waals surface area contributed by atoms with E-state index in [2.05, 4.69) is 10.6 Å². The lowest BCUT2D eigenvalue weighted by Crippen LogP contribution is -2.50. The number of hydrogen-bond donors (Lipinski definition) is 2. The molecule has 1 aliphatic rings. The van der Waals surface area contributed by atoms with Crippen LogP contribution in [0.15, 0.2) is 60.7 Å². The van der Waals surface area contributed by atoms with Crippen LogP contribution in [0.4, 0.5) is 0 Å². The van der Waals surface area contributed by atoms with E-state index in [-0.39, 0.29) is 24.4 Å². The molecule has 0 aliphatic carbocycles. The molecule has 0 spiro atoms. The van der Waals surface area contributed by atoms with E-state index in [9.17, 15) is 9.59 Å². The third-order valence-corrected chi connectivity index (χ3v) is 5.15. The Labute approximate surface area is 167 Å². The van der Waals surface area contributed by atoms with Gasteiger partial charge in [0.1, 0.15) is 6.04 Å². The molecule has 1 fully saturated rings. The van der Waals surface area contributed by atoms with Gasteiger partial charge in [0.2, 0.25) is 11.8 Å². The minimum Gasteiger partial charge on any atom is -0.343 e. The topological polar surface area (TPSA) is 61.4 Å². The summed E-state index contributed by atoms with van der Waals surface area (Å²) in [5.74, 6) is -0.162. The van der Waals surface area contributed by atoms with Crippen molar-refractivity contribution in [3.63, 3.8) is 0 Å². The molecule has 2 N–H and O–H groups in total. The van der Waals surface area contributed by atoms with Crippen LogP contribution >= 0.6 is 0 Å². The Morgan fingerprint density at radius 2 is 1.43 bits per heavy atom. The van der Waals surface area contributed by atoms with E-state index in [1.807, 2.05) is 65.6 Å². The van der Waals surface area contributed by atoms with Crippen LogP contribution < -0.4 is 10.6 Å². The fraction of sp³-hybridized carbons (Fsp3) is 0.391. The van der Waals surface area contributed by atoms with Crippen molar-refractivity contribution in [2.24, 2.45) is 0 Å². The highest BCUT2D eigenvalue weighted by Crippen LogP contribution is 2.21. The molecule has 0 bridgehead atoms. The first-order chi connectivity index (χ1) is 13.6. The molecular weight excluding hydrogens is 350 g/mol. The lowest BCUT2D eigenvalue weighted by atomic mass is 9.99. The summed E-state index contributed by atoms with van der Waals surface area (Å²) in [6.07, 6.45) is 3.27. The van der Waals surface area contributed by atoms with Crippen LogP contribution in [0.3, 0.4) is 0 Å². The fourth-order valence-electron chi connectivity index (χ4n) is 3.66. The summed E-state index contributed by atoms with van der Waals surface area (Å²) in [4.78, 5) is 26.8. The minimum absolute atomic E-state index is 0.00992. The number of nitrogens with zero attached hydrogens (tertiary/aromatic N) is 1. The van der Waals surface area contributed by atoms with Crippen molar-refractivity contribution in [2.45, 2.75) is 38.3 Å². The molecular formula is C23H29N3O2. The first kappa shape index (κ1) is 20.1. The molecule has 5 heteroatoms. The maximum absolute atomic E-state index is 12.5. The molecule has 1 saturated heterocycles. The number of piperidine rings is 1. The lowest BCUT2D eigenvalue weighted by molar-refractivity contribution is -0.136. The van der Waals surface area contributed by atoms with E-state index < -0.39 is 6.04 Å². The van der Waals surface area contributed by atoms with Crippen molar-refractivity contribution in [1.29, 1.82) is 0 Å². The van der Waals surface area contributed by atoms with Crippen LogP contribution in [0, 0.1) is 0 Å². The third kappa shape index (κ3) is 5.42. The SMILES string of the molecule is CC(NC(=O)CNC(c1ccccc1)c1ccccc1)C(=O)N1CCCCC1. The van der Waals surface area contributed by atoms with Gasteiger partial charge in [-0.2, -0.15) is 0 Å². The summed E-state index contributed by atoms with van der Waals surface area (Å²) in [5.41, 5.74) is 2.19. The van der Waals surface area contributed by atoms with E-state index in [1.165, 1.54) is 6.42 Å². The zero-order valence-electron chi connectivity index (χ0n) is 16.4.